The van der Waals surface area contributed by atoms with Crippen molar-refractivity contribution in [3.05, 3.63) is 58.6 Å². The Balaban J connectivity index is 2.12. The Hall–Kier alpha value is -2.14. The number of ether oxygens (including phenoxy) is 1. The summed E-state index contributed by atoms with van der Waals surface area (Å²) < 4.78 is 18.5. The van der Waals surface area contributed by atoms with Crippen LogP contribution < -0.4 is 4.74 Å². The molecular formula is C15H14ClFN2O2. The summed E-state index contributed by atoms with van der Waals surface area (Å²) in [6.45, 7) is 0.258. The molecule has 0 unspecified atom stereocenters. The van der Waals surface area contributed by atoms with Gasteiger partial charge in [-0.2, -0.15) is 0 Å². The highest BCUT2D eigenvalue weighted by molar-refractivity contribution is 6.30. The van der Waals surface area contributed by atoms with Gasteiger partial charge in [0.25, 0.3) is 5.91 Å². The zero-order valence-corrected chi connectivity index (χ0v) is 12.4. The normalized spacial score (nSPS) is 10.3. The first-order valence-corrected chi connectivity index (χ1v) is 6.58. The van der Waals surface area contributed by atoms with Crippen molar-refractivity contribution in [1.29, 1.82) is 0 Å². The smallest absolute Gasteiger partial charge is 0.272 e. The molecule has 2 rings (SSSR count). The summed E-state index contributed by atoms with van der Waals surface area (Å²) in [4.78, 5) is 17.6. The molecule has 6 heteroatoms. The van der Waals surface area contributed by atoms with E-state index in [9.17, 15) is 9.18 Å². The molecule has 0 bridgehead atoms. The second kappa shape index (κ2) is 6.54. The van der Waals surface area contributed by atoms with Gasteiger partial charge in [0.1, 0.15) is 5.69 Å². The summed E-state index contributed by atoms with van der Waals surface area (Å²) in [5, 5.41) is 0.442. The van der Waals surface area contributed by atoms with Gasteiger partial charge < -0.3 is 9.64 Å². The van der Waals surface area contributed by atoms with Gasteiger partial charge in [-0.1, -0.05) is 17.7 Å². The van der Waals surface area contributed by atoms with E-state index < -0.39 is 5.82 Å². The van der Waals surface area contributed by atoms with E-state index in [1.807, 2.05) is 0 Å². The van der Waals surface area contributed by atoms with Crippen molar-refractivity contribution in [2.24, 2.45) is 0 Å². The van der Waals surface area contributed by atoms with Gasteiger partial charge in [0.2, 0.25) is 0 Å². The maximum atomic E-state index is 13.6. The molecule has 110 valence electrons. The molecule has 2 aromatic rings. The molecule has 0 saturated heterocycles. The molecule has 0 fully saturated rings. The number of nitrogens with zero attached hydrogens (tertiary/aromatic N) is 2. The van der Waals surface area contributed by atoms with Gasteiger partial charge in [0.05, 0.1) is 7.11 Å². The van der Waals surface area contributed by atoms with Crippen LogP contribution in [0, 0.1) is 5.82 Å². The number of amides is 1. The summed E-state index contributed by atoms with van der Waals surface area (Å²) in [5.41, 5.74) is 0.908. The van der Waals surface area contributed by atoms with Crippen molar-refractivity contribution in [3.8, 4) is 5.75 Å². The van der Waals surface area contributed by atoms with Gasteiger partial charge in [-0.15, -0.1) is 0 Å². The third kappa shape index (κ3) is 3.70. The van der Waals surface area contributed by atoms with Crippen LogP contribution in [-0.4, -0.2) is 29.9 Å². The van der Waals surface area contributed by atoms with Crippen LogP contribution in [0.5, 0.6) is 5.75 Å². The largest absolute Gasteiger partial charge is 0.494 e. The number of hydrogen-bond donors (Lipinski definition) is 0. The van der Waals surface area contributed by atoms with Crippen LogP contribution in [0.25, 0.3) is 0 Å². The van der Waals surface area contributed by atoms with E-state index in [-0.39, 0.29) is 23.9 Å². The Morgan fingerprint density at radius 3 is 2.76 bits per heavy atom. The second-order valence-corrected chi connectivity index (χ2v) is 4.93. The first-order valence-electron chi connectivity index (χ1n) is 6.20. The third-order valence-electron chi connectivity index (χ3n) is 2.92. The molecule has 21 heavy (non-hydrogen) atoms. The van der Waals surface area contributed by atoms with Gasteiger partial charge in [-0.3, -0.25) is 9.78 Å². The Bertz CT molecular complexity index is 664. The molecule has 4 nitrogen and oxygen atoms in total. The zero-order chi connectivity index (χ0) is 15.4. The van der Waals surface area contributed by atoms with Crippen LogP contribution in [0.4, 0.5) is 4.39 Å². The molecule has 0 N–H and O–H groups in total. The minimum absolute atomic E-state index is 0.171. The van der Waals surface area contributed by atoms with Gasteiger partial charge in [0.15, 0.2) is 11.6 Å². The van der Waals surface area contributed by atoms with Crippen LogP contribution in [0.15, 0.2) is 36.5 Å². The van der Waals surface area contributed by atoms with E-state index in [0.29, 0.717) is 10.6 Å². The van der Waals surface area contributed by atoms with Crippen molar-refractivity contribution < 1.29 is 13.9 Å². The molecule has 0 aliphatic heterocycles. The maximum absolute atomic E-state index is 13.6. The quantitative estimate of drug-likeness (QED) is 0.871. The lowest BCUT2D eigenvalue weighted by molar-refractivity contribution is 0.0779. The fraction of sp³-hybridized carbons (Fsp3) is 0.200. The van der Waals surface area contributed by atoms with Crippen molar-refractivity contribution >= 4 is 17.5 Å². The van der Waals surface area contributed by atoms with E-state index in [1.165, 1.54) is 36.4 Å². The maximum Gasteiger partial charge on any atom is 0.272 e. The predicted octanol–water partition coefficient (Wildman–Crippen LogP) is 3.15. The van der Waals surface area contributed by atoms with Crippen molar-refractivity contribution in [1.82, 2.24) is 9.88 Å². The lowest BCUT2D eigenvalue weighted by Crippen LogP contribution is -2.27. The Morgan fingerprint density at radius 1 is 1.38 bits per heavy atom. The fourth-order valence-electron chi connectivity index (χ4n) is 1.87. The Labute approximate surface area is 127 Å². The number of halogens is 2. The lowest BCUT2D eigenvalue weighted by Gasteiger charge is -2.17. The average molecular weight is 309 g/mol. The summed E-state index contributed by atoms with van der Waals surface area (Å²) in [6.07, 6.45) is 1.47. The highest BCUT2D eigenvalue weighted by atomic mass is 35.5. The standard InChI is InChI=1S/C15H14ClFN2O2/c1-19(15(20)13-8-11(16)5-6-18-13)9-10-3-4-14(21-2)12(17)7-10/h3-8H,9H2,1-2H3. The SMILES string of the molecule is COc1ccc(CN(C)C(=O)c2cc(Cl)ccn2)cc1F. The summed E-state index contributed by atoms with van der Waals surface area (Å²) in [6, 6.07) is 7.66. The number of rotatable bonds is 4. The zero-order valence-electron chi connectivity index (χ0n) is 11.6. The van der Waals surface area contributed by atoms with Crippen LogP contribution in [0.2, 0.25) is 5.02 Å². The summed E-state index contributed by atoms with van der Waals surface area (Å²) in [7, 11) is 3.02. The fourth-order valence-corrected chi connectivity index (χ4v) is 2.03. The van der Waals surface area contributed by atoms with Crippen LogP contribution >= 0.6 is 11.6 Å². The molecule has 1 aromatic heterocycles. The van der Waals surface area contributed by atoms with Gasteiger partial charge in [-0.25, -0.2) is 4.39 Å². The molecule has 0 aliphatic carbocycles. The summed E-state index contributed by atoms with van der Waals surface area (Å²) >= 11 is 5.83. The van der Waals surface area contributed by atoms with Crippen LogP contribution in [-0.2, 0) is 6.54 Å². The van der Waals surface area contributed by atoms with E-state index in [0.717, 1.165) is 0 Å². The Kier molecular flexibility index (Phi) is 4.75. The van der Waals surface area contributed by atoms with E-state index in [1.54, 1.807) is 19.2 Å². The number of carbonyl (C=O) groups is 1. The molecule has 0 radical (unpaired) electrons. The minimum atomic E-state index is -0.461. The minimum Gasteiger partial charge on any atom is -0.494 e. The van der Waals surface area contributed by atoms with Gasteiger partial charge >= 0.3 is 0 Å². The number of hydrogen-bond acceptors (Lipinski definition) is 3. The van der Waals surface area contributed by atoms with E-state index in [2.05, 4.69) is 4.98 Å². The number of carbonyl (C=O) groups excluding carboxylic acids is 1. The second-order valence-electron chi connectivity index (χ2n) is 4.49. The van der Waals surface area contributed by atoms with E-state index in [4.69, 9.17) is 16.3 Å². The third-order valence-corrected chi connectivity index (χ3v) is 3.16. The lowest BCUT2D eigenvalue weighted by atomic mass is 10.2. The summed E-state index contributed by atoms with van der Waals surface area (Å²) in [5.74, 6) is -0.574. The molecule has 0 atom stereocenters. The van der Waals surface area contributed by atoms with Gasteiger partial charge in [0, 0.05) is 24.8 Å². The highest BCUT2D eigenvalue weighted by Gasteiger charge is 2.14. The average Bonchev–Trinajstić information content (AvgIpc) is 2.46. The first kappa shape index (κ1) is 15.3. The van der Waals surface area contributed by atoms with Crippen molar-refractivity contribution in [3.63, 3.8) is 0 Å². The predicted molar refractivity (Wildman–Crippen MR) is 78.0 cm³/mol. The van der Waals surface area contributed by atoms with Crippen molar-refractivity contribution in [2.75, 3.05) is 14.2 Å². The molecule has 0 aliphatic rings. The number of aromatic nitrogens is 1. The number of methoxy groups -OCH3 is 1. The molecule has 0 saturated carbocycles. The molecule has 1 aromatic carbocycles. The monoisotopic (exact) mass is 308 g/mol. The molecule has 1 amide bonds. The number of benzene rings is 1. The van der Waals surface area contributed by atoms with Gasteiger partial charge in [-0.05, 0) is 29.8 Å². The van der Waals surface area contributed by atoms with Crippen LogP contribution in [0.1, 0.15) is 16.1 Å². The first-order chi connectivity index (χ1) is 10.0. The van der Waals surface area contributed by atoms with Crippen LogP contribution in [0.3, 0.4) is 0 Å². The topological polar surface area (TPSA) is 42.4 Å². The van der Waals surface area contributed by atoms with Crippen molar-refractivity contribution in [2.45, 2.75) is 6.54 Å². The number of pyridine rings is 1. The highest BCUT2D eigenvalue weighted by Crippen LogP contribution is 2.19. The molecular weight excluding hydrogens is 295 g/mol. The molecule has 1 heterocycles. The molecule has 0 spiro atoms. The Morgan fingerprint density at radius 2 is 2.14 bits per heavy atom. The van der Waals surface area contributed by atoms with E-state index >= 15 is 0 Å².